The molecule has 3 saturated heterocycles. The Kier molecular flexibility index (Phi) is 26.2. The molecule has 8 aromatic heterocycles. The predicted molar refractivity (Wildman–Crippen MR) is 370 cm³/mol. The van der Waals surface area contributed by atoms with Crippen molar-refractivity contribution in [3.05, 3.63) is 148 Å². The molecule has 0 unspecified atom stereocenters. The van der Waals surface area contributed by atoms with Crippen LogP contribution in [0, 0.1) is 27.7 Å². The fourth-order valence-corrected chi connectivity index (χ4v) is 12.2. The first-order valence-electron chi connectivity index (χ1n) is 32.2. The molecule has 3 aliphatic heterocycles. The minimum Gasteiger partial charge on any atom is -0.870 e. The number of phenolic OH excluding ortho intramolecular Hbond substituents is 3. The Morgan fingerprint density at radius 1 is 0.490 bits per heavy atom. The van der Waals surface area contributed by atoms with Crippen LogP contribution >= 0.6 is 23.2 Å². The monoisotopic (exact) mass is 1430 g/mol. The van der Waals surface area contributed by atoms with E-state index in [9.17, 15) is 39.9 Å². The number of aromatic amines is 1. The molecule has 102 heavy (non-hydrogen) atoms. The molecule has 35 heteroatoms. The summed E-state index contributed by atoms with van der Waals surface area (Å²) in [6, 6.07) is 20.1. The first kappa shape index (κ1) is 78.0. The van der Waals surface area contributed by atoms with Gasteiger partial charge in [0.05, 0.1) is 78.1 Å². The van der Waals surface area contributed by atoms with Crippen molar-refractivity contribution in [3.8, 4) is 17.2 Å². The first-order chi connectivity index (χ1) is 47.8. The number of carbonyl (C=O) groups excluding carboxylic acids is 2. The summed E-state index contributed by atoms with van der Waals surface area (Å²) in [6.45, 7) is 15.4. The normalized spacial score (nSPS) is 15.0. The molecule has 0 spiro atoms. The van der Waals surface area contributed by atoms with E-state index in [-0.39, 0.29) is 83.7 Å². The van der Waals surface area contributed by atoms with Crippen molar-refractivity contribution in [2.45, 2.75) is 117 Å². The number of hydrogen-bond donors (Lipinski definition) is 9. The number of nitrogens with zero attached hydrogens (tertiary/aromatic N) is 17. The molecule has 0 aliphatic carbocycles. The number of nitrogens with one attached hydrogen (secondary N) is 2. The van der Waals surface area contributed by atoms with Gasteiger partial charge in [-0.3, -0.25) is 14.4 Å². The number of aromatic hydroxyl groups is 3. The second-order valence-electron chi connectivity index (χ2n) is 24.1. The molecule has 3 fully saturated rings. The van der Waals surface area contributed by atoms with Crippen molar-refractivity contribution in [1.82, 2.24) is 83.8 Å². The van der Waals surface area contributed by atoms with Gasteiger partial charge in [-0.15, -0.1) is 0 Å². The molecule has 10 N–H and O–H groups in total. The number of H-pyrrole nitrogens is 1. The van der Waals surface area contributed by atoms with Crippen LogP contribution in [-0.2, 0) is 60.3 Å². The van der Waals surface area contributed by atoms with Gasteiger partial charge >= 0.3 is 36.8 Å². The van der Waals surface area contributed by atoms with E-state index in [0.717, 1.165) is 59.5 Å². The summed E-state index contributed by atoms with van der Waals surface area (Å²) in [7, 11) is 0. The van der Waals surface area contributed by atoms with E-state index in [4.69, 9.17) is 42.9 Å². The van der Waals surface area contributed by atoms with Crippen LogP contribution in [0.2, 0.25) is 10.6 Å². The molecule has 3 aliphatic rings. The maximum Gasteiger partial charge on any atom is 1.00 e. The number of halogens is 2. The van der Waals surface area contributed by atoms with Crippen LogP contribution in [0.3, 0.4) is 0 Å². The topological polar surface area (TPSA) is 445 Å². The fraction of sp³-hybridized carbons (Fsp3) is 0.388. The molecular formula is C67H78Cl2LiN19O13. The number of benzene rings is 3. The molecule has 32 nitrogen and oxygen atoms in total. The van der Waals surface area contributed by atoms with Crippen LogP contribution < -0.4 is 34.0 Å². The molecule has 14 rings (SSSR count). The minimum absolute atomic E-state index is 0. The van der Waals surface area contributed by atoms with Crippen molar-refractivity contribution < 1.29 is 83.9 Å². The van der Waals surface area contributed by atoms with Crippen LogP contribution in [0.5, 0.6) is 17.2 Å². The number of aromatic nitrogens is 16. The maximum absolute atomic E-state index is 11.9. The van der Waals surface area contributed by atoms with E-state index < -0.39 is 22.8 Å². The molecule has 0 amide bonds. The van der Waals surface area contributed by atoms with Gasteiger partial charge in [-0.1, -0.05) is 36.4 Å². The summed E-state index contributed by atoms with van der Waals surface area (Å²) >= 11 is 11.4. The number of ether oxygens (including phenoxy) is 2. The summed E-state index contributed by atoms with van der Waals surface area (Å²) in [5.74, 6) is 0.00524. The summed E-state index contributed by atoms with van der Waals surface area (Å²) in [5.41, 5.74) is 7.71. The summed E-state index contributed by atoms with van der Waals surface area (Å²) in [6.07, 6.45) is 9.62. The molecule has 11 heterocycles. The van der Waals surface area contributed by atoms with Crippen molar-refractivity contribution in [1.29, 1.82) is 0 Å². The third-order valence-corrected chi connectivity index (χ3v) is 17.5. The third-order valence-electron chi connectivity index (χ3n) is 17.2. The van der Waals surface area contributed by atoms with Crippen LogP contribution in [0.25, 0.3) is 44.7 Å². The van der Waals surface area contributed by atoms with Gasteiger partial charge < -0.3 is 84.5 Å². The van der Waals surface area contributed by atoms with Crippen LogP contribution in [0.15, 0.2) is 98.1 Å². The number of esters is 2. The second-order valence-corrected chi connectivity index (χ2v) is 24.7. The Labute approximate surface area is 606 Å². The number of anilines is 2. The number of hydrogen-bond acceptors (Lipinski definition) is 27. The molecule has 11 aromatic rings. The number of carbonyl (C=O) groups is 3. The average Bonchev–Trinajstić information content (AvgIpc) is 1.59. The van der Waals surface area contributed by atoms with Gasteiger partial charge in [-0.25, -0.2) is 39.9 Å². The number of imidazole rings is 4. The Bertz CT molecular complexity index is 4660. The van der Waals surface area contributed by atoms with E-state index in [2.05, 4.69) is 70.1 Å². The van der Waals surface area contributed by atoms with Crippen molar-refractivity contribution in [3.63, 3.8) is 0 Å². The zero-order chi connectivity index (χ0) is 71.5. The zero-order valence-corrected chi connectivity index (χ0v) is 58.7. The molecule has 534 valence electrons. The SMILES string of the molecule is CCOC(=O)Cn1cnc2c(C)nc(Cl)nc21.CCOC(=O)Cn1cnc2c(C)nc(N3CCC(O)(c4ccc(O)cc4)CC3)nc21.Cc1nc(Cl)nc2nc[nH]c12.Cc1nc(N2CCC(O)(c3ccc(O)cc3)CC2)nc2c1ncn2CC(=O)O.Oc1ccc(C2(O)CCNCC2)cc1.[Li+].[OH-]. The maximum atomic E-state index is 11.9. The Balaban J connectivity index is 0.000000169. The number of rotatable bonds is 13. The van der Waals surface area contributed by atoms with Gasteiger partial charge in [-0.05, 0) is 169 Å². The molecule has 0 bridgehead atoms. The molecular weight excluding hydrogens is 1360 g/mol. The van der Waals surface area contributed by atoms with Gasteiger partial charge in [0.1, 0.15) is 58.9 Å². The Morgan fingerprint density at radius 2 is 0.843 bits per heavy atom. The number of fused-ring (bicyclic) bond motifs is 4. The van der Waals surface area contributed by atoms with Gasteiger partial charge in [0.25, 0.3) is 0 Å². The van der Waals surface area contributed by atoms with E-state index in [0.29, 0.717) is 127 Å². The summed E-state index contributed by atoms with van der Waals surface area (Å²) < 4.78 is 14.6. The number of carboxylic acids is 1. The van der Waals surface area contributed by atoms with E-state index in [1.807, 2.05) is 30.6 Å². The van der Waals surface area contributed by atoms with Gasteiger partial charge in [-0.2, -0.15) is 19.9 Å². The van der Waals surface area contributed by atoms with Crippen molar-refractivity contribution in [2.24, 2.45) is 0 Å². The number of piperidine rings is 3. The molecule has 3 aromatic carbocycles. The summed E-state index contributed by atoms with van der Waals surface area (Å²) in [4.78, 5) is 92.2. The van der Waals surface area contributed by atoms with Crippen LogP contribution in [0.4, 0.5) is 11.9 Å². The smallest absolute Gasteiger partial charge is 0.870 e. The third kappa shape index (κ3) is 18.9. The quantitative estimate of drug-likeness (QED) is 0.0451. The fourth-order valence-electron chi connectivity index (χ4n) is 11.8. The van der Waals surface area contributed by atoms with Crippen molar-refractivity contribution >= 4 is 97.7 Å². The largest absolute Gasteiger partial charge is 1.00 e. The number of phenols is 3. The second kappa shape index (κ2) is 34.3. The number of aryl methyl sites for hydroxylation is 4. The van der Waals surface area contributed by atoms with E-state index >= 15 is 0 Å². The number of carboxylic acid groups (broad SMARTS) is 1. The van der Waals surface area contributed by atoms with Gasteiger partial charge in [0, 0.05) is 26.2 Å². The van der Waals surface area contributed by atoms with Crippen molar-refractivity contribution in [2.75, 3.05) is 62.3 Å². The molecule has 0 saturated carbocycles. The number of aliphatic hydroxyl groups is 3. The molecule has 0 atom stereocenters. The zero-order valence-electron chi connectivity index (χ0n) is 57.2. The van der Waals surface area contributed by atoms with Crippen LogP contribution in [-0.4, -0.2) is 190 Å². The Hall–Kier alpha value is -9.75. The summed E-state index contributed by atoms with van der Waals surface area (Å²) in [5, 5.41) is 73.1. The minimum atomic E-state index is -0.964. The first-order valence-corrected chi connectivity index (χ1v) is 33.0. The van der Waals surface area contributed by atoms with E-state index in [1.165, 1.54) is 17.2 Å². The molecule has 0 radical (unpaired) electrons. The van der Waals surface area contributed by atoms with Crippen LogP contribution in [0.1, 0.15) is 91.8 Å². The average molecular weight is 1440 g/mol. The van der Waals surface area contributed by atoms with Gasteiger partial charge in [0.15, 0.2) is 22.6 Å². The standard InChI is InChI=1S/C21H25N5O4.C19H21N5O4.C11H15NO2.C10H11ClN4O2.C6H5ClN4.Li.H2O/c1-3-30-17(28)12-26-13-22-18-14(2)23-20(24-19(18)26)25-10-8-21(29,9-11-25)15-4-6-16(27)7-5-15;1-12-16-17(24(11-20-16)10-15(26)27)22-18(21-12)23-8-6-19(28,7-9-23)13-2-4-14(25)5-3-13;13-10-3-1-9(2-4-10)11(14)5-7-12-8-6-11;1-3-17-7(16)4-15-5-12-8-6(2)13-10(11)14-9(8)15;1-3-4-5(9-2-8-4)11-6(7)10-3;;/h4-7,13,27,29H,3,8-12H2,1-2H3;2-5,11,25,28H,6-10H2,1H3,(H,26,27);1-4,12-14H,5-8H2;5H,3-4H2,1-2H3;2H,1H3,(H,8,9,10,11);;1H2/q;;;;;+1;/p-1. The van der Waals surface area contributed by atoms with Gasteiger partial charge in [0.2, 0.25) is 22.5 Å². The number of aliphatic carboxylic acids is 1. The Morgan fingerprint density at radius 3 is 1.24 bits per heavy atom. The predicted octanol–water partition coefficient (Wildman–Crippen LogP) is 3.76. The van der Waals surface area contributed by atoms with E-state index in [1.54, 1.807) is 115 Å².